The molecule has 5 heteroatoms. The second kappa shape index (κ2) is 6.24. The Labute approximate surface area is 111 Å². The normalized spacial score (nSPS) is 10.8. The minimum absolute atomic E-state index is 0.204. The number of H-pyrrole nitrogens is 1. The zero-order chi connectivity index (χ0) is 13.7. The van der Waals surface area contributed by atoms with Crippen LogP contribution in [0.3, 0.4) is 0 Å². The fourth-order valence-corrected chi connectivity index (χ4v) is 2.01. The van der Waals surface area contributed by atoms with Gasteiger partial charge in [-0.15, -0.1) is 0 Å². The van der Waals surface area contributed by atoms with Crippen LogP contribution >= 0.6 is 0 Å². The molecular weight excluding hydrogens is 244 g/mol. The number of phenolic OH excluding ortho intramolecular Hbond substituents is 1. The molecule has 1 aromatic heterocycles. The summed E-state index contributed by atoms with van der Waals surface area (Å²) in [4.78, 5) is 14.1. The number of methoxy groups -OCH3 is 1. The Kier molecular flexibility index (Phi) is 4.41. The highest BCUT2D eigenvalue weighted by molar-refractivity contribution is 5.84. The van der Waals surface area contributed by atoms with Gasteiger partial charge in [0.05, 0.1) is 13.5 Å². The largest absolute Gasteiger partial charge is 0.508 e. The molecule has 0 atom stereocenters. The van der Waals surface area contributed by atoms with Crippen molar-refractivity contribution in [3.63, 3.8) is 0 Å². The third kappa shape index (κ3) is 3.48. The topological polar surface area (TPSA) is 74.3 Å². The molecule has 3 N–H and O–H groups in total. The lowest BCUT2D eigenvalue weighted by atomic mass is 10.1. The van der Waals surface area contributed by atoms with Gasteiger partial charge >= 0.3 is 5.97 Å². The Hall–Kier alpha value is -2.01. The maximum Gasteiger partial charge on any atom is 0.306 e. The summed E-state index contributed by atoms with van der Waals surface area (Å²) in [6, 6.07) is 5.28. The van der Waals surface area contributed by atoms with Crippen LogP contribution in [-0.2, 0) is 16.0 Å². The number of ether oxygens (including phenoxy) is 1. The number of rotatable bonds is 6. The molecule has 0 aliphatic heterocycles. The second-order valence-electron chi connectivity index (χ2n) is 4.37. The van der Waals surface area contributed by atoms with Crippen LogP contribution in [0.5, 0.6) is 5.75 Å². The van der Waals surface area contributed by atoms with Crippen molar-refractivity contribution in [2.24, 2.45) is 0 Å². The van der Waals surface area contributed by atoms with Crippen molar-refractivity contribution in [3.05, 3.63) is 30.0 Å². The van der Waals surface area contributed by atoms with Crippen molar-refractivity contribution in [2.75, 3.05) is 20.2 Å². The summed E-state index contributed by atoms with van der Waals surface area (Å²) in [5.41, 5.74) is 2.17. The van der Waals surface area contributed by atoms with E-state index in [1.807, 2.05) is 12.3 Å². The number of aromatic amines is 1. The van der Waals surface area contributed by atoms with Gasteiger partial charge in [-0.25, -0.2) is 0 Å². The van der Waals surface area contributed by atoms with Crippen LogP contribution in [0, 0.1) is 0 Å². The number of benzene rings is 1. The first-order valence-corrected chi connectivity index (χ1v) is 6.27. The van der Waals surface area contributed by atoms with Crippen molar-refractivity contribution < 1.29 is 14.6 Å². The summed E-state index contributed by atoms with van der Waals surface area (Å²) >= 11 is 0. The van der Waals surface area contributed by atoms with E-state index in [1.54, 1.807) is 12.1 Å². The van der Waals surface area contributed by atoms with Crippen LogP contribution in [0.2, 0.25) is 0 Å². The Morgan fingerprint density at radius 1 is 1.42 bits per heavy atom. The molecule has 0 aliphatic rings. The van der Waals surface area contributed by atoms with Crippen LogP contribution in [-0.4, -0.2) is 36.3 Å². The predicted molar refractivity (Wildman–Crippen MR) is 73.2 cm³/mol. The quantitative estimate of drug-likeness (QED) is 0.545. The van der Waals surface area contributed by atoms with Gasteiger partial charge in [0.1, 0.15) is 5.75 Å². The van der Waals surface area contributed by atoms with E-state index < -0.39 is 0 Å². The van der Waals surface area contributed by atoms with E-state index in [-0.39, 0.29) is 11.7 Å². The highest BCUT2D eigenvalue weighted by atomic mass is 16.5. The average Bonchev–Trinajstić information content (AvgIpc) is 2.80. The van der Waals surface area contributed by atoms with Gasteiger partial charge in [0.25, 0.3) is 0 Å². The number of aromatic hydroxyl groups is 1. The first-order valence-electron chi connectivity index (χ1n) is 6.27. The Bertz CT molecular complexity index is 563. The number of carbonyl (C=O) groups excluding carboxylic acids is 1. The molecule has 0 spiro atoms. The molecule has 2 aromatic rings. The Morgan fingerprint density at radius 2 is 2.26 bits per heavy atom. The van der Waals surface area contributed by atoms with Gasteiger partial charge in [0.15, 0.2) is 0 Å². The number of hydrogen-bond donors (Lipinski definition) is 3. The predicted octanol–water partition coefficient (Wildman–Crippen LogP) is 1.57. The smallest absolute Gasteiger partial charge is 0.306 e. The Balaban J connectivity index is 1.85. The first kappa shape index (κ1) is 13.4. The maximum absolute atomic E-state index is 10.9. The number of hydrogen-bond acceptors (Lipinski definition) is 4. The van der Waals surface area contributed by atoms with E-state index in [2.05, 4.69) is 15.0 Å². The monoisotopic (exact) mass is 262 g/mol. The molecule has 0 bridgehead atoms. The van der Waals surface area contributed by atoms with Gasteiger partial charge in [-0.3, -0.25) is 4.79 Å². The third-order valence-electron chi connectivity index (χ3n) is 3.06. The van der Waals surface area contributed by atoms with Crippen LogP contribution < -0.4 is 5.32 Å². The fraction of sp³-hybridized carbons (Fsp3) is 0.357. The molecule has 5 nitrogen and oxygen atoms in total. The van der Waals surface area contributed by atoms with Crippen molar-refractivity contribution in [1.29, 1.82) is 0 Å². The van der Waals surface area contributed by atoms with Crippen LogP contribution in [0.25, 0.3) is 10.9 Å². The van der Waals surface area contributed by atoms with Gasteiger partial charge in [-0.2, -0.15) is 0 Å². The van der Waals surface area contributed by atoms with E-state index in [0.29, 0.717) is 13.0 Å². The molecule has 2 rings (SSSR count). The molecule has 1 aromatic carbocycles. The lowest BCUT2D eigenvalue weighted by Crippen LogP contribution is -2.21. The summed E-state index contributed by atoms with van der Waals surface area (Å²) in [6.07, 6.45) is 3.17. The molecule has 1 heterocycles. The number of phenols is 1. The zero-order valence-electron chi connectivity index (χ0n) is 10.9. The number of fused-ring (bicyclic) bond motifs is 1. The number of esters is 1. The summed E-state index contributed by atoms with van der Waals surface area (Å²) in [7, 11) is 1.39. The van der Waals surface area contributed by atoms with Crippen LogP contribution in [0.15, 0.2) is 24.4 Å². The van der Waals surface area contributed by atoms with Gasteiger partial charge in [-0.1, -0.05) is 0 Å². The molecule has 0 radical (unpaired) electrons. The van der Waals surface area contributed by atoms with Crippen molar-refractivity contribution in [2.45, 2.75) is 12.8 Å². The molecule has 0 fully saturated rings. The second-order valence-corrected chi connectivity index (χ2v) is 4.37. The zero-order valence-corrected chi connectivity index (χ0v) is 10.9. The summed E-state index contributed by atoms with van der Waals surface area (Å²) in [6.45, 7) is 1.39. The molecule has 0 saturated carbocycles. The standard InChI is InChI=1S/C14H18N2O3/c1-19-14(18)5-7-15-6-4-10-9-16-13-3-2-11(17)8-12(10)13/h2-3,8-9,15-17H,4-7H2,1H3. The number of nitrogens with one attached hydrogen (secondary N) is 2. The van der Waals surface area contributed by atoms with E-state index in [9.17, 15) is 9.90 Å². The molecular formula is C14H18N2O3. The minimum Gasteiger partial charge on any atom is -0.508 e. The summed E-state index contributed by atoms with van der Waals surface area (Å²) in [5.74, 6) is 0.0662. The molecule has 19 heavy (non-hydrogen) atoms. The van der Waals surface area contributed by atoms with Crippen molar-refractivity contribution >= 4 is 16.9 Å². The van der Waals surface area contributed by atoms with E-state index in [1.165, 1.54) is 7.11 Å². The minimum atomic E-state index is -0.204. The molecule has 102 valence electrons. The molecule has 0 unspecified atom stereocenters. The van der Waals surface area contributed by atoms with E-state index in [4.69, 9.17) is 0 Å². The third-order valence-corrected chi connectivity index (χ3v) is 3.06. The molecule has 0 saturated heterocycles. The average molecular weight is 262 g/mol. The van der Waals surface area contributed by atoms with E-state index >= 15 is 0 Å². The Morgan fingerprint density at radius 3 is 3.05 bits per heavy atom. The lowest BCUT2D eigenvalue weighted by molar-refractivity contribution is -0.140. The van der Waals surface area contributed by atoms with Crippen LogP contribution in [0.1, 0.15) is 12.0 Å². The maximum atomic E-state index is 10.9. The lowest BCUT2D eigenvalue weighted by Gasteiger charge is -2.03. The number of aromatic nitrogens is 1. The molecule has 0 amide bonds. The van der Waals surface area contributed by atoms with Crippen molar-refractivity contribution in [1.82, 2.24) is 10.3 Å². The van der Waals surface area contributed by atoms with Crippen LogP contribution in [0.4, 0.5) is 0 Å². The number of carbonyl (C=O) groups is 1. The first-order chi connectivity index (χ1) is 9.20. The SMILES string of the molecule is COC(=O)CCNCCc1c[nH]c2ccc(O)cc12. The highest BCUT2D eigenvalue weighted by Gasteiger charge is 2.04. The van der Waals surface area contributed by atoms with E-state index in [0.717, 1.165) is 29.4 Å². The van der Waals surface area contributed by atoms with Gasteiger partial charge in [0, 0.05) is 23.6 Å². The van der Waals surface area contributed by atoms with Gasteiger partial charge in [-0.05, 0) is 36.7 Å². The highest BCUT2D eigenvalue weighted by Crippen LogP contribution is 2.22. The van der Waals surface area contributed by atoms with Gasteiger partial charge in [0.2, 0.25) is 0 Å². The fourth-order valence-electron chi connectivity index (χ4n) is 2.01. The summed E-state index contributed by atoms with van der Waals surface area (Å²) in [5, 5.41) is 13.7. The molecule has 0 aliphatic carbocycles. The van der Waals surface area contributed by atoms with Crippen molar-refractivity contribution in [3.8, 4) is 5.75 Å². The summed E-state index contributed by atoms with van der Waals surface area (Å²) < 4.78 is 4.56. The van der Waals surface area contributed by atoms with Gasteiger partial charge < -0.3 is 20.1 Å².